The second-order valence-corrected chi connectivity index (χ2v) is 12.7. The van der Waals surface area contributed by atoms with Crippen LogP contribution in [0, 0.1) is 46.3 Å². The Morgan fingerprint density at radius 2 is 1.91 bits per heavy atom. The molecule has 32 heavy (non-hydrogen) atoms. The number of carbonyl (C=O) groups is 1. The Balaban J connectivity index is 1.50. The van der Waals surface area contributed by atoms with Crippen LogP contribution in [-0.4, -0.2) is 23.8 Å². The minimum absolute atomic E-state index is 0.00591. The van der Waals surface area contributed by atoms with E-state index in [2.05, 4.69) is 33.8 Å². The normalized spacial score (nSPS) is 42.0. The summed E-state index contributed by atoms with van der Waals surface area (Å²) < 4.78 is 5.58. The minimum atomic E-state index is -0.172. The molecule has 4 rings (SSSR count). The zero-order valence-electron chi connectivity index (χ0n) is 21.4. The number of aliphatic hydroxyl groups is 1. The third-order valence-corrected chi connectivity index (χ3v) is 10.6. The molecule has 4 aliphatic rings. The van der Waals surface area contributed by atoms with Crippen LogP contribution in [0.25, 0.3) is 0 Å². The second kappa shape index (κ2) is 9.43. The summed E-state index contributed by atoms with van der Waals surface area (Å²) in [7, 11) is 0. The fraction of sp³-hybridized carbons (Fsp3) is 0.897. The van der Waals surface area contributed by atoms with Crippen LogP contribution in [0.15, 0.2) is 11.6 Å². The van der Waals surface area contributed by atoms with Crippen LogP contribution in [0.2, 0.25) is 0 Å². The molecule has 1 N–H and O–H groups in total. The largest absolute Gasteiger partial charge is 0.462 e. The Hall–Kier alpha value is -0.830. The Bertz CT molecular complexity index is 711. The third-order valence-electron chi connectivity index (χ3n) is 10.6. The van der Waals surface area contributed by atoms with Crippen LogP contribution >= 0.6 is 0 Å². The van der Waals surface area contributed by atoms with Gasteiger partial charge in [0.1, 0.15) is 6.10 Å². The zero-order chi connectivity index (χ0) is 23.1. The molecule has 0 radical (unpaired) electrons. The van der Waals surface area contributed by atoms with E-state index in [9.17, 15) is 9.90 Å². The Kier molecular flexibility index (Phi) is 7.16. The molecular formula is C29H48O3. The predicted molar refractivity (Wildman–Crippen MR) is 130 cm³/mol. The van der Waals surface area contributed by atoms with Crippen molar-refractivity contribution in [2.24, 2.45) is 46.3 Å². The van der Waals surface area contributed by atoms with Gasteiger partial charge in [0.2, 0.25) is 0 Å². The summed E-state index contributed by atoms with van der Waals surface area (Å²) in [5, 5.41) is 10.7. The van der Waals surface area contributed by atoms with Crippen molar-refractivity contribution in [1.29, 1.82) is 0 Å². The molecule has 3 fully saturated rings. The lowest BCUT2D eigenvalue weighted by atomic mass is 9.46. The molecule has 3 nitrogen and oxygen atoms in total. The van der Waals surface area contributed by atoms with E-state index in [1.807, 2.05) is 0 Å². The molecule has 0 aromatic carbocycles. The molecule has 4 aliphatic carbocycles. The highest BCUT2D eigenvalue weighted by Gasteiger charge is 2.60. The molecule has 0 aromatic rings. The summed E-state index contributed by atoms with van der Waals surface area (Å²) in [6.07, 6.45) is 15.9. The lowest BCUT2D eigenvalue weighted by Crippen LogP contribution is -2.53. The molecule has 0 bridgehead atoms. The molecule has 182 valence electrons. The van der Waals surface area contributed by atoms with Gasteiger partial charge in [0.05, 0.1) is 6.61 Å². The Morgan fingerprint density at radius 1 is 1.12 bits per heavy atom. The first-order valence-electron chi connectivity index (χ1n) is 13.7. The van der Waals surface area contributed by atoms with Crippen LogP contribution in [-0.2, 0) is 9.53 Å². The SMILES string of the molecule is CC(=O)OC1CC[C@@]2(CO)C(=CC[C@@H]3[C@@H]2CC[C@]2(C)[C@@H]([C@H](C)CCCC(C)C)CC[C@@H]32)C1. The van der Waals surface area contributed by atoms with Gasteiger partial charge in [0.25, 0.3) is 0 Å². The van der Waals surface area contributed by atoms with E-state index in [1.165, 1.54) is 63.9 Å². The molecule has 1 unspecified atom stereocenters. The van der Waals surface area contributed by atoms with Gasteiger partial charge in [-0.1, -0.05) is 58.6 Å². The molecule has 3 saturated carbocycles. The highest BCUT2D eigenvalue weighted by Crippen LogP contribution is 2.67. The molecule has 0 aliphatic heterocycles. The first kappa shape index (κ1) is 24.3. The van der Waals surface area contributed by atoms with Crippen molar-refractivity contribution in [3.05, 3.63) is 11.6 Å². The minimum Gasteiger partial charge on any atom is -0.462 e. The molecule has 0 heterocycles. The summed E-state index contributed by atoms with van der Waals surface area (Å²) in [6, 6.07) is 0. The van der Waals surface area contributed by atoms with Crippen molar-refractivity contribution in [3.63, 3.8) is 0 Å². The summed E-state index contributed by atoms with van der Waals surface area (Å²) in [4.78, 5) is 11.5. The van der Waals surface area contributed by atoms with Crippen molar-refractivity contribution in [2.45, 2.75) is 111 Å². The fourth-order valence-electron chi connectivity index (χ4n) is 9.08. The molecule has 8 atom stereocenters. The van der Waals surface area contributed by atoms with Gasteiger partial charge in [0.15, 0.2) is 0 Å². The van der Waals surface area contributed by atoms with Gasteiger partial charge in [-0.05, 0) is 85.9 Å². The molecule has 0 amide bonds. The average Bonchev–Trinajstić information content (AvgIpc) is 3.10. The molecule has 0 saturated heterocycles. The lowest BCUT2D eigenvalue weighted by molar-refractivity contribution is -0.149. The molecule has 3 heteroatoms. The van der Waals surface area contributed by atoms with Crippen LogP contribution in [0.5, 0.6) is 0 Å². The number of hydrogen-bond acceptors (Lipinski definition) is 3. The van der Waals surface area contributed by atoms with Gasteiger partial charge in [-0.25, -0.2) is 0 Å². The highest BCUT2D eigenvalue weighted by atomic mass is 16.5. The number of allylic oxidation sites excluding steroid dienone is 1. The van der Waals surface area contributed by atoms with Crippen LogP contribution < -0.4 is 0 Å². The van der Waals surface area contributed by atoms with E-state index >= 15 is 0 Å². The van der Waals surface area contributed by atoms with Crippen molar-refractivity contribution in [3.8, 4) is 0 Å². The van der Waals surface area contributed by atoms with Crippen LogP contribution in [0.1, 0.15) is 105 Å². The smallest absolute Gasteiger partial charge is 0.302 e. The maximum absolute atomic E-state index is 11.5. The maximum atomic E-state index is 11.5. The summed E-state index contributed by atoms with van der Waals surface area (Å²) >= 11 is 0. The Morgan fingerprint density at radius 3 is 2.59 bits per heavy atom. The lowest BCUT2D eigenvalue weighted by Gasteiger charge is -2.59. The summed E-state index contributed by atoms with van der Waals surface area (Å²) in [6.45, 7) is 11.6. The predicted octanol–water partition coefficient (Wildman–Crippen LogP) is 6.93. The first-order valence-corrected chi connectivity index (χ1v) is 13.7. The average molecular weight is 445 g/mol. The number of rotatable bonds is 7. The van der Waals surface area contributed by atoms with E-state index in [0.29, 0.717) is 11.3 Å². The number of carbonyl (C=O) groups excluding carboxylic acids is 1. The molecule has 0 spiro atoms. The first-order chi connectivity index (χ1) is 15.2. The van der Waals surface area contributed by atoms with Crippen LogP contribution in [0.3, 0.4) is 0 Å². The second-order valence-electron chi connectivity index (χ2n) is 12.7. The monoisotopic (exact) mass is 444 g/mol. The summed E-state index contributed by atoms with van der Waals surface area (Å²) in [5.74, 6) is 4.50. The van der Waals surface area contributed by atoms with Gasteiger partial charge in [-0.2, -0.15) is 0 Å². The summed E-state index contributed by atoms with van der Waals surface area (Å²) in [5.41, 5.74) is 1.83. The fourth-order valence-corrected chi connectivity index (χ4v) is 9.08. The van der Waals surface area contributed by atoms with Crippen molar-refractivity contribution in [1.82, 2.24) is 0 Å². The molecule has 0 aromatic heterocycles. The van der Waals surface area contributed by atoms with Gasteiger partial charge in [-0.3, -0.25) is 4.79 Å². The van der Waals surface area contributed by atoms with E-state index in [-0.39, 0.29) is 24.1 Å². The van der Waals surface area contributed by atoms with Crippen LogP contribution in [0.4, 0.5) is 0 Å². The van der Waals surface area contributed by atoms with Crippen molar-refractivity contribution in [2.75, 3.05) is 6.61 Å². The van der Waals surface area contributed by atoms with E-state index in [0.717, 1.165) is 48.9 Å². The van der Waals surface area contributed by atoms with Gasteiger partial charge in [0, 0.05) is 18.8 Å². The number of fused-ring (bicyclic) bond motifs is 5. The number of ether oxygens (including phenoxy) is 1. The third kappa shape index (κ3) is 4.21. The van der Waals surface area contributed by atoms with E-state index in [1.54, 1.807) is 0 Å². The number of aliphatic hydroxyl groups excluding tert-OH is 1. The van der Waals surface area contributed by atoms with E-state index in [4.69, 9.17) is 4.74 Å². The standard InChI is InChI=1S/C29H48O3/c1-19(2)7-6-8-20(3)25-11-12-26-24-10-9-22-17-23(32-21(4)31)13-16-29(22,18-30)27(24)14-15-28(25,26)5/h9,19-20,23-27,30H,6-8,10-18H2,1-5H3/t20-,23?,24+,25-,26+,27+,28-,29-/m1/s1. The number of esters is 1. The van der Waals surface area contributed by atoms with Gasteiger partial charge < -0.3 is 9.84 Å². The van der Waals surface area contributed by atoms with Gasteiger partial charge in [-0.15, -0.1) is 0 Å². The number of hydrogen-bond donors (Lipinski definition) is 1. The van der Waals surface area contributed by atoms with Gasteiger partial charge >= 0.3 is 5.97 Å². The Labute approximate surface area is 196 Å². The topological polar surface area (TPSA) is 46.5 Å². The van der Waals surface area contributed by atoms with E-state index < -0.39 is 0 Å². The highest BCUT2D eigenvalue weighted by molar-refractivity contribution is 5.66. The maximum Gasteiger partial charge on any atom is 0.302 e. The van der Waals surface area contributed by atoms with Crippen molar-refractivity contribution < 1.29 is 14.6 Å². The zero-order valence-corrected chi connectivity index (χ0v) is 21.4. The van der Waals surface area contributed by atoms with Crippen molar-refractivity contribution >= 4 is 5.97 Å². The molecular weight excluding hydrogens is 396 g/mol. The quantitative estimate of drug-likeness (QED) is 0.342.